The minimum Gasteiger partial charge on any atom is -0.299 e. The summed E-state index contributed by atoms with van der Waals surface area (Å²) in [6, 6.07) is 8.80. The molecule has 1 aliphatic rings. The van der Waals surface area contributed by atoms with Crippen molar-refractivity contribution in [2.24, 2.45) is 0 Å². The lowest BCUT2D eigenvalue weighted by Crippen LogP contribution is -2.17. The number of hydrogen-bond acceptors (Lipinski definition) is 7. The van der Waals surface area contributed by atoms with E-state index in [1.165, 1.54) is 35.6 Å². The topological polar surface area (TPSA) is 84.5 Å². The maximum Gasteiger partial charge on any atom is 0.192 e. The maximum absolute atomic E-state index is 14.5. The average molecular weight is 456 g/mol. The Hall–Kier alpha value is -2.57. The summed E-state index contributed by atoms with van der Waals surface area (Å²) in [5.41, 5.74) is 1.21. The average Bonchev–Trinajstić information content (AvgIpc) is 3.40. The highest BCUT2D eigenvalue weighted by Gasteiger charge is 2.28. The number of aromatic nitrogens is 4. The highest BCUT2D eigenvalue weighted by atomic mass is 32.2. The van der Waals surface area contributed by atoms with Crippen LogP contribution in [0.3, 0.4) is 0 Å². The monoisotopic (exact) mass is 455 g/mol. The summed E-state index contributed by atoms with van der Waals surface area (Å²) in [5, 5.41) is 21.0. The van der Waals surface area contributed by atoms with Crippen LogP contribution in [0, 0.1) is 24.1 Å². The molecule has 0 amide bonds. The van der Waals surface area contributed by atoms with Gasteiger partial charge in [0.25, 0.3) is 0 Å². The number of benzene rings is 1. The summed E-state index contributed by atoms with van der Waals surface area (Å²) in [5.74, 6) is -0.870. The van der Waals surface area contributed by atoms with Crippen LogP contribution in [-0.4, -0.2) is 31.3 Å². The Bertz CT molecular complexity index is 1110. The first-order chi connectivity index (χ1) is 15.1. The fourth-order valence-electron chi connectivity index (χ4n) is 3.86. The van der Waals surface area contributed by atoms with Crippen LogP contribution in [-0.2, 0) is 4.79 Å². The quantitative estimate of drug-likeness (QED) is 0.448. The molecule has 1 aliphatic carbocycles. The van der Waals surface area contributed by atoms with Gasteiger partial charge in [0.1, 0.15) is 10.8 Å². The van der Waals surface area contributed by atoms with Crippen molar-refractivity contribution in [1.29, 1.82) is 5.26 Å². The Labute approximate surface area is 188 Å². The fourth-order valence-corrected chi connectivity index (χ4v) is 5.63. The number of hydrogen-bond donors (Lipinski definition) is 0. The molecule has 3 aromatic rings. The van der Waals surface area contributed by atoms with E-state index >= 15 is 0 Å². The Morgan fingerprint density at radius 1 is 1.32 bits per heavy atom. The molecule has 1 aromatic carbocycles. The highest BCUT2D eigenvalue weighted by Crippen LogP contribution is 2.36. The fraction of sp³-hybridized carbons (Fsp3) is 0.409. The minimum absolute atomic E-state index is 0.0823. The lowest BCUT2D eigenvalue weighted by molar-refractivity contribution is -0.116. The third kappa shape index (κ3) is 4.70. The number of Topliss-reactive ketones (excluding diaryl/α,β-unsaturated/α-hetero) is 1. The van der Waals surface area contributed by atoms with Gasteiger partial charge in [0.05, 0.1) is 17.4 Å². The molecule has 31 heavy (non-hydrogen) atoms. The summed E-state index contributed by atoms with van der Waals surface area (Å²) in [6.07, 6.45) is 5.33. The van der Waals surface area contributed by atoms with Gasteiger partial charge in [-0.15, -0.1) is 21.5 Å². The third-order valence-electron chi connectivity index (χ3n) is 5.40. The number of halogens is 1. The zero-order chi connectivity index (χ0) is 21.8. The summed E-state index contributed by atoms with van der Waals surface area (Å²) in [4.78, 5) is 17.1. The standard InChI is InChI=1S/C22H22FN5OS2/c1-14-12-30-21(25-14)17(11-24)19(29)13-31-22-27-26-20(16-9-5-6-10-18(16)23)28(22)15-7-3-2-4-8-15/h5-6,9-10,12,15,17H,2-4,7-8,13H2,1H3. The van der Waals surface area contributed by atoms with Crippen molar-refractivity contribution >= 4 is 28.9 Å². The number of thiazole rings is 1. The first-order valence-electron chi connectivity index (χ1n) is 10.3. The van der Waals surface area contributed by atoms with Crippen LogP contribution in [0.4, 0.5) is 4.39 Å². The van der Waals surface area contributed by atoms with E-state index < -0.39 is 5.92 Å². The predicted octanol–water partition coefficient (Wildman–Crippen LogP) is 5.32. The minimum atomic E-state index is -0.886. The van der Waals surface area contributed by atoms with Gasteiger partial charge in [0.2, 0.25) is 0 Å². The van der Waals surface area contributed by atoms with Gasteiger partial charge >= 0.3 is 0 Å². The Balaban J connectivity index is 1.60. The van der Waals surface area contributed by atoms with E-state index in [4.69, 9.17) is 0 Å². The molecule has 0 saturated heterocycles. The largest absolute Gasteiger partial charge is 0.299 e. The number of aryl methyl sites for hydroxylation is 1. The summed E-state index contributed by atoms with van der Waals surface area (Å²) in [7, 11) is 0. The second kappa shape index (κ2) is 9.71. The van der Waals surface area contributed by atoms with Crippen LogP contribution in [0.25, 0.3) is 11.4 Å². The molecule has 1 atom stereocenters. The van der Waals surface area contributed by atoms with E-state index in [2.05, 4.69) is 21.3 Å². The molecule has 4 rings (SSSR count). The molecule has 0 radical (unpaired) electrons. The zero-order valence-corrected chi connectivity index (χ0v) is 18.8. The first kappa shape index (κ1) is 21.7. The first-order valence-corrected chi connectivity index (χ1v) is 12.1. The predicted molar refractivity (Wildman–Crippen MR) is 118 cm³/mol. The maximum atomic E-state index is 14.5. The van der Waals surface area contributed by atoms with Crippen molar-refractivity contribution < 1.29 is 9.18 Å². The SMILES string of the molecule is Cc1csc(C(C#N)C(=O)CSc2nnc(-c3ccccc3F)n2C2CCCCC2)n1. The van der Waals surface area contributed by atoms with Gasteiger partial charge in [-0.05, 0) is 31.9 Å². The molecule has 2 heterocycles. The van der Waals surface area contributed by atoms with Gasteiger partial charge in [0.15, 0.2) is 22.7 Å². The molecule has 0 aliphatic heterocycles. The Kier molecular flexibility index (Phi) is 6.78. The van der Waals surface area contributed by atoms with Crippen LogP contribution in [0.15, 0.2) is 34.8 Å². The van der Waals surface area contributed by atoms with Crippen molar-refractivity contribution in [3.8, 4) is 17.5 Å². The molecule has 2 aromatic heterocycles. The molecule has 1 unspecified atom stereocenters. The number of nitriles is 1. The van der Waals surface area contributed by atoms with Crippen molar-refractivity contribution in [2.75, 3.05) is 5.75 Å². The van der Waals surface area contributed by atoms with E-state index in [0.29, 0.717) is 21.6 Å². The molecule has 0 N–H and O–H groups in total. The van der Waals surface area contributed by atoms with E-state index in [9.17, 15) is 14.4 Å². The summed E-state index contributed by atoms with van der Waals surface area (Å²) < 4.78 is 16.5. The number of carbonyl (C=O) groups excluding carboxylic acids is 1. The normalized spacial score (nSPS) is 15.5. The molecular formula is C22H22FN5OS2. The molecule has 0 bridgehead atoms. The number of carbonyl (C=O) groups is 1. The number of nitrogens with zero attached hydrogens (tertiary/aromatic N) is 5. The lowest BCUT2D eigenvalue weighted by Gasteiger charge is -2.25. The van der Waals surface area contributed by atoms with E-state index in [0.717, 1.165) is 31.4 Å². The molecule has 9 heteroatoms. The van der Waals surface area contributed by atoms with Gasteiger partial charge in [-0.3, -0.25) is 9.36 Å². The van der Waals surface area contributed by atoms with Crippen LogP contribution < -0.4 is 0 Å². The smallest absolute Gasteiger partial charge is 0.192 e. The molecule has 1 fully saturated rings. The van der Waals surface area contributed by atoms with Crippen LogP contribution >= 0.6 is 23.1 Å². The van der Waals surface area contributed by atoms with Gasteiger partial charge in [-0.1, -0.05) is 43.2 Å². The molecule has 1 saturated carbocycles. The Morgan fingerprint density at radius 3 is 2.77 bits per heavy atom. The van der Waals surface area contributed by atoms with Crippen molar-refractivity contribution in [2.45, 2.75) is 56.1 Å². The summed E-state index contributed by atoms with van der Waals surface area (Å²) >= 11 is 2.58. The molecular weight excluding hydrogens is 433 g/mol. The van der Waals surface area contributed by atoms with E-state index in [-0.39, 0.29) is 23.4 Å². The van der Waals surface area contributed by atoms with Crippen LogP contribution in [0.1, 0.15) is 54.8 Å². The van der Waals surface area contributed by atoms with Crippen LogP contribution in [0.2, 0.25) is 0 Å². The van der Waals surface area contributed by atoms with Gasteiger partial charge in [-0.25, -0.2) is 9.37 Å². The molecule has 6 nitrogen and oxygen atoms in total. The number of rotatable bonds is 7. The highest BCUT2D eigenvalue weighted by molar-refractivity contribution is 7.99. The summed E-state index contributed by atoms with van der Waals surface area (Å²) in [6.45, 7) is 1.84. The third-order valence-corrected chi connectivity index (χ3v) is 7.39. The molecule has 0 spiro atoms. The van der Waals surface area contributed by atoms with E-state index in [1.807, 2.05) is 16.9 Å². The van der Waals surface area contributed by atoms with Gasteiger partial charge < -0.3 is 0 Å². The van der Waals surface area contributed by atoms with Gasteiger partial charge in [0, 0.05) is 17.1 Å². The Morgan fingerprint density at radius 2 is 2.10 bits per heavy atom. The van der Waals surface area contributed by atoms with Crippen molar-refractivity contribution in [3.05, 3.63) is 46.2 Å². The van der Waals surface area contributed by atoms with Crippen LogP contribution in [0.5, 0.6) is 0 Å². The lowest BCUT2D eigenvalue weighted by atomic mass is 9.95. The second-order valence-corrected chi connectivity index (χ2v) is 9.42. The van der Waals surface area contributed by atoms with E-state index in [1.54, 1.807) is 18.2 Å². The zero-order valence-electron chi connectivity index (χ0n) is 17.1. The van der Waals surface area contributed by atoms with Gasteiger partial charge in [-0.2, -0.15) is 5.26 Å². The molecule has 160 valence electrons. The number of ketones is 1. The second-order valence-electron chi connectivity index (χ2n) is 7.59. The van der Waals surface area contributed by atoms with Crippen molar-refractivity contribution in [3.63, 3.8) is 0 Å². The number of thioether (sulfide) groups is 1. The van der Waals surface area contributed by atoms with Crippen molar-refractivity contribution in [1.82, 2.24) is 19.7 Å².